The highest BCUT2D eigenvalue weighted by atomic mass is 16.5. The number of aryl methyl sites for hydroxylation is 1. The molecule has 31 heavy (non-hydrogen) atoms. The molecule has 1 aliphatic heterocycles. The van der Waals surface area contributed by atoms with Crippen LogP contribution in [0.2, 0.25) is 0 Å². The summed E-state index contributed by atoms with van der Waals surface area (Å²) < 4.78 is 12.4. The SMILES string of the molecule is CCCc1nc2oc3c(NCCC[NH+](CC)CC)ncnc3c2c2c1COC(C)(C)C2. The molecule has 0 spiro atoms. The van der Waals surface area contributed by atoms with Crippen molar-refractivity contribution in [3.05, 3.63) is 23.1 Å². The number of nitrogens with zero attached hydrogens (tertiary/aromatic N) is 3. The molecule has 7 heteroatoms. The number of rotatable bonds is 9. The van der Waals surface area contributed by atoms with Crippen molar-refractivity contribution in [1.29, 1.82) is 0 Å². The Hall–Kier alpha value is -2.25. The Morgan fingerprint density at radius 1 is 1.13 bits per heavy atom. The maximum Gasteiger partial charge on any atom is 0.229 e. The second-order valence-corrected chi connectivity index (χ2v) is 9.16. The number of aromatic nitrogens is 3. The smallest absolute Gasteiger partial charge is 0.229 e. The highest BCUT2D eigenvalue weighted by molar-refractivity contribution is 6.06. The number of hydrogen-bond acceptors (Lipinski definition) is 6. The first-order valence-corrected chi connectivity index (χ1v) is 11.8. The quantitative estimate of drug-likeness (QED) is 0.511. The highest BCUT2D eigenvalue weighted by Crippen LogP contribution is 2.39. The van der Waals surface area contributed by atoms with Crippen LogP contribution in [0.1, 0.15) is 64.3 Å². The van der Waals surface area contributed by atoms with E-state index in [0.29, 0.717) is 17.9 Å². The lowest BCUT2D eigenvalue weighted by Crippen LogP contribution is -3.11. The fourth-order valence-corrected chi connectivity index (χ4v) is 4.59. The van der Waals surface area contributed by atoms with E-state index in [1.54, 1.807) is 11.2 Å². The van der Waals surface area contributed by atoms with Crippen molar-refractivity contribution in [1.82, 2.24) is 15.0 Å². The number of fused-ring (bicyclic) bond motifs is 5. The van der Waals surface area contributed by atoms with Crippen molar-refractivity contribution in [3.63, 3.8) is 0 Å². The van der Waals surface area contributed by atoms with Gasteiger partial charge < -0.3 is 19.4 Å². The van der Waals surface area contributed by atoms with Gasteiger partial charge in [0.1, 0.15) is 11.8 Å². The van der Waals surface area contributed by atoms with Gasteiger partial charge in [0, 0.05) is 24.9 Å². The Kier molecular flexibility index (Phi) is 6.44. The maximum atomic E-state index is 6.28. The number of hydrogen-bond donors (Lipinski definition) is 2. The van der Waals surface area contributed by atoms with E-state index in [2.05, 4.69) is 49.9 Å². The van der Waals surface area contributed by atoms with E-state index < -0.39 is 0 Å². The highest BCUT2D eigenvalue weighted by Gasteiger charge is 2.32. The Bertz CT molecular complexity index is 1060. The summed E-state index contributed by atoms with van der Waals surface area (Å²) in [5, 5.41) is 4.50. The van der Waals surface area contributed by atoms with Gasteiger partial charge in [0.2, 0.25) is 5.71 Å². The molecule has 3 aromatic heterocycles. The number of anilines is 1. The third kappa shape index (κ3) is 4.39. The van der Waals surface area contributed by atoms with Crippen LogP contribution in [0.4, 0.5) is 5.82 Å². The van der Waals surface area contributed by atoms with Gasteiger partial charge in [-0.05, 0) is 39.7 Å². The van der Waals surface area contributed by atoms with E-state index in [0.717, 1.165) is 74.3 Å². The molecule has 168 valence electrons. The van der Waals surface area contributed by atoms with E-state index >= 15 is 0 Å². The van der Waals surface area contributed by atoms with Crippen LogP contribution >= 0.6 is 0 Å². The molecule has 0 atom stereocenters. The molecule has 4 rings (SSSR count). The van der Waals surface area contributed by atoms with E-state index in [9.17, 15) is 0 Å². The molecule has 0 bridgehead atoms. The monoisotopic (exact) mass is 426 g/mol. The summed E-state index contributed by atoms with van der Waals surface area (Å²) in [6, 6.07) is 0. The fourth-order valence-electron chi connectivity index (χ4n) is 4.59. The van der Waals surface area contributed by atoms with Crippen LogP contribution in [-0.2, 0) is 24.2 Å². The molecule has 0 aromatic carbocycles. The van der Waals surface area contributed by atoms with Crippen molar-refractivity contribution in [2.75, 3.05) is 31.5 Å². The number of ether oxygens (including phenoxy) is 1. The summed E-state index contributed by atoms with van der Waals surface area (Å²) in [7, 11) is 0. The molecule has 0 radical (unpaired) electrons. The normalized spacial score (nSPS) is 15.7. The number of quaternary nitrogens is 1. The molecule has 0 saturated carbocycles. The van der Waals surface area contributed by atoms with E-state index in [1.165, 1.54) is 11.1 Å². The summed E-state index contributed by atoms with van der Waals surface area (Å²) in [5.74, 6) is 0.759. The van der Waals surface area contributed by atoms with Crippen LogP contribution < -0.4 is 10.2 Å². The fraction of sp³-hybridized carbons (Fsp3) is 0.625. The molecular formula is C24H36N5O2+. The van der Waals surface area contributed by atoms with E-state index in [1.807, 2.05) is 0 Å². The minimum atomic E-state index is -0.213. The zero-order chi connectivity index (χ0) is 22.0. The van der Waals surface area contributed by atoms with Crippen molar-refractivity contribution in [2.45, 2.75) is 72.5 Å². The lowest BCUT2D eigenvalue weighted by atomic mass is 9.88. The average Bonchev–Trinajstić information content (AvgIpc) is 3.12. The van der Waals surface area contributed by atoms with Crippen LogP contribution in [0, 0.1) is 0 Å². The molecule has 0 amide bonds. The van der Waals surface area contributed by atoms with Crippen LogP contribution in [-0.4, -0.2) is 46.7 Å². The topological polar surface area (TPSA) is 77.5 Å². The molecule has 4 heterocycles. The Labute approximate surface area is 184 Å². The summed E-state index contributed by atoms with van der Waals surface area (Å²) in [6.07, 6.45) is 5.50. The van der Waals surface area contributed by atoms with Gasteiger partial charge in [0.05, 0.1) is 42.9 Å². The maximum absolute atomic E-state index is 6.28. The first-order valence-electron chi connectivity index (χ1n) is 11.8. The molecule has 0 unspecified atom stereocenters. The van der Waals surface area contributed by atoms with Crippen LogP contribution in [0.25, 0.3) is 22.2 Å². The lowest BCUT2D eigenvalue weighted by Gasteiger charge is -2.33. The summed E-state index contributed by atoms with van der Waals surface area (Å²) >= 11 is 0. The van der Waals surface area contributed by atoms with Crippen molar-refractivity contribution in [2.24, 2.45) is 0 Å². The molecule has 3 aromatic rings. The molecule has 2 N–H and O–H groups in total. The lowest BCUT2D eigenvalue weighted by molar-refractivity contribution is -0.896. The first kappa shape index (κ1) is 22.0. The van der Waals surface area contributed by atoms with Gasteiger partial charge in [-0.15, -0.1) is 0 Å². The Balaban J connectivity index is 1.71. The summed E-state index contributed by atoms with van der Waals surface area (Å²) in [5.41, 5.74) is 5.60. The van der Waals surface area contributed by atoms with Crippen LogP contribution in [0.5, 0.6) is 0 Å². The molecule has 0 fully saturated rings. The van der Waals surface area contributed by atoms with Crippen molar-refractivity contribution in [3.8, 4) is 0 Å². The number of pyridine rings is 1. The second-order valence-electron chi connectivity index (χ2n) is 9.16. The molecule has 7 nitrogen and oxygen atoms in total. The number of nitrogens with one attached hydrogen (secondary N) is 2. The molecular weight excluding hydrogens is 390 g/mol. The number of furan rings is 1. The van der Waals surface area contributed by atoms with Crippen LogP contribution in [0.15, 0.2) is 10.7 Å². The summed E-state index contributed by atoms with van der Waals surface area (Å²) in [6.45, 7) is 15.9. The minimum absolute atomic E-state index is 0.213. The minimum Gasteiger partial charge on any atom is -0.432 e. The van der Waals surface area contributed by atoms with Crippen molar-refractivity contribution >= 4 is 28.0 Å². The van der Waals surface area contributed by atoms with E-state index in [-0.39, 0.29) is 5.60 Å². The second kappa shape index (κ2) is 9.09. The third-order valence-electron chi connectivity index (χ3n) is 6.40. The summed E-state index contributed by atoms with van der Waals surface area (Å²) in [4.78, 5) is 15.6. The van der Waals surface area contributed by atoms with Crippen molar-refractivity contribution < 1.29 is 14.1 Å². The largest absolute Gasteiger partial charge is 0.432 e. The average molecular weight is 427 g/mol. The zero-order valence-corrected chi connectivity index (χ0v) is 19.6. The van der Waals surface area contributed by atoms with Gasteiger partial charge in [0.25, 0.3) is 0 Å². The third-order valence-corrected chi connectivity index (χ3v) is 6.40. The predicted molar refractivity (Wildman–Crippen MR) is 124 cm³/mol. The Morgan fingerprint density at radius 2 is 1.94 bits per heavy atom. The standard InChI is InChI=1S/C24H35N5O2/c1-6-10-18-17-14-30-24(4,5)13-16(17)19-20-21(31-23(19)28-18)22(27-15-26-20)25-11-9-12-29(7-2)8-3/h15H,6-14H2,1-5H3,(H,25,26,27)/p+1. The first-order chi connectivity index (χ1) is 15.0. The van der Waals surface area contributed by atoms with Gasteiger partial charge in [-0.2, -0.15) is 0 Å². The van der Waals surface area contributed by atoms with Gasteiger partial charge >= 0.3 is 0 Å². The van der Waals surface area contributed by atoms with Crippen LogP contribution in [0.3, 0.4) is 0 Å². The van der Waals surface area contributed by atoms with Gasteiger partial charge in [-0.1, -0.05) is 13.3 Å². The van der Waals surface area contributed by atoms with Gasteiger partial charge in [-0.25, -0.2) is 15.0 Å². The predicted octanol–water partition coefficient (Wildman–Crippen LogP) is 3.30. The van der Waals surface area contributed by atoms with Gasteiger partial charge in [-0.3, -0.25) is 0 Å². The van der Waals surface area contributed by atoms with E-state index in [4.69, 9.17) is 14.1 Å². The zero-order valence-electron chi connectivity index (χ0n) is 19.6. The molecule has 0 aliphatic carbocycles. The van der Waals surface area contributed by atoms with Gasteiger partial charge in [0.15, 0.2) is 11.4 Å². The molecule has 0 saturated heterocycles. The Morgan fingerprint density at radius 3 is 2.68 bits per heavy atom. The molecule has 1 aliphatic rings.